The lowest BCUT2D eigenvalue weighted by atomic mass is 10.2. The first-order valence-electron chi connectivity index (χ1n) is 7.93. The number of aromatic nitrogens is 3. The summed E-state index contributed by atoms with van der Waals surface area (Å²) in [7, 11) is 0. The zero-order chi connectivity index (χ0) is 16.4. The minimum atomic E-state index is -0.171. The van der Waals surface area contributed by atoms with Gasteiger partial charge in [-0.25, -0.2) is 0 Å². The predicted octanol–water partition coefficient (Wildman–Crippen LogP) is 3.11. The van der Waals surface area contributed by atoms with Crippen molar-refractivity contribution in [1.29, 1.82) is 0 Å². The maximum Gasteiger partial charge on any atom is 0.254 e. The zero-order valence-corrected chi connectivity index (χ0v) is 13.0. The molecule has 1 amide bonds. The Morgan fingerprint density at radius 2 is 1.92 bits per heavy atom. The van der Waals surface area contributed by atoms with Crippen molar-refractivity contribution in [3.63, 3.8) is 0 Å². The molecule has 1 atom stereocenters. The van der Waals surface area contributed by atoms with Crippen LogP contribution in [0.2, 0.25) is 0 Å². The summed E-state index contributed by atoms with van der Waals surface area (Å²) < 4.78 is 5.45. The van der Waals surface area contributed by atoms with Crippen LogP contribution in [0, 0.1) is 0 Å². The molecule has 0 radical (unpaired) electrons. The van der Waals surface area contributed by atoms with Crippen LogP contribution in [0.3, 0.4) is 0 Å². The number of rotatable bonds is 3. The van der Waals surface area contributed by atoms with E-state index in [0.29, 0.717) is 23.8 Å². The van der Waals surface area contributed by atoms with Crippen LogP contribution in [0.1, 0.15) is 35.1 Å². The number of carbonyl (C=O) groups is 1. The van der Waals surface area contributed by atoms with Crippen LogP contribution in [-0.2, 0) is 0 Å². The molecule has 1 aromatic carbocycles. The molecule has 24 heavy (non-hydrogen) atoms. The van der Waals surface area contributed by atoms with Gasteiger partial charge in [0.1, 0.15) is 6.04 Å². The fourth-order valence-corrected chi connectivity index (χ4v) is 3.00. The number of benzene rings is 1. The molecule has 1 fully saturated rings. The van der Waals surface area contributed by atoms with Crippen LogP contribution in [0.4, 0.5) is 0 Å². The number of carbonyl (C=O) groups excluding carboxylic acids is 1. The molecule has 0 bridgehead atoms. The zero-order valence-electron chi connectivity index (χ0n) is 13.0. The molecular formula is C18H16N4O2. The van der Waals surface area contributed by atoms with E-state index in [1.54, 1.807) is 29.4 Å². The molecule has 1 aliphatic heterocycles. The van der Waals surface area contributed by atoms with E-state index in [9.17, 15) is 4.79 Å². The minimum absolute atomic E-state index is 0.0284. The summed E-state index contributed by atoms with van der Waals surface area (Å²) in [5, 5.41) is 4.06. The summed E-state index contributed by atoms with van der Waals surface area (Å²) in [5.74, 6) is 1.02. The van der Waals surface area contributed by atoms with Crippen molar-refractivity contribution < 1.29 is 9.32 Å². The number of nitrogens with zero attached hydrogens (tertiary/aromatic N) is 4. The number of hydrogen-bond donors (Lipinski definition) is 0. The molecule has 2 aromatic heterocycles. The van der Waals surface area contributed by atoms with Crippen molar-refractivity contribution in [3.05, 3.63) is 66.3 Å². The molecule has 1 aliphatic rings. The standard InChI is InChI=1S/C18H16N4O2/c23-18(14-8-10-19-11-9-14)22-12-4-7-15(22)17-20-16(21-24-17)13-5-2-1-3-6-13/h1-3,5-6,8-11,15H,4,7,12H2/t15-/m1/s1. The third-order valence-electron chi connectivity index (χ3n) is 4.20. The normalized spacial score (nSPS) is 17.2. The van der Waals surface area contributed by atoms with Crippen molar-refractivity contribution >= 4 is 5.91 Å². The van der Waals surface area contributed by atoms with Gasteiger partial charge in [-0.15, -0.1) is 0 Å². The Balaban J connectivity index is 1.60. The van der Waals surface area contributed by atoms with Gasteiger partial charge in [0.05, 0.1) is 0 Å². The number of hydrogen-bond acceptors (Lipinski definition) is 5. The van der Waals surface area contributed by atoms with E-state index in [0.717, 1.165) is 18.4 Å². The molecule has 0 spiro atoms. The Morgan fingerprint density at radius 3 is 2.71 bits per heavy atom. The van der Waals surface area contributed by atoms with Gasteiger partial charge < -0.3 is 9.42 Å². The first-order chi connectivity index (χ1) is 11.8. The second-order valence-electron chi connectivity index (χ2n) is 5.71. The Hall–Kier alpha value is -3.02. The van der Waals surface area contributed by atoms with E-state index in [1.807, 2.05) is 30.3 Å². The Kier molecular flexibility index (Phi) is 3.78. The number of pyridine rings is 1. The lowest BCUT2D eigenvalue weighted by Gasteiger charge is -2.21. The fraction of sp³-hybridized carbons (Fsp3) is 0.222. The summed E-state index contributed by atoms with van der Waals surface area (Å²) in [4.78, 5) is 23.0. The highest BCUT2D eigenvalue weighted by molar-refractivity contribution is 5.94. The van der Waals surface area contributed by atoms with E-state index in [4.69, 9.17) is 4.52 Å². The van der Waals surface area contributed by atoms with Crippen LogP contribution in [0.15, 0.2) is 59.4 Å². The van der Waals surface area contributed by atoms with Gasteiger partial charge in [0.15, 0.2) is 0 Å². The number of likely N-dealkylation sites (tertiary alicyclic amines) is 1. The topological polar surface area (TPSA) is 72.1 Å². The molecule has 0 N–H and O–H groups in total. The minimum Gasteiger partial charge on any atom is -0.337 e. The van der Waals surface area contributed by atoms with Gasteiger partial charge in [-0.3, -0.25) is 9.78 Å². The third-order valence-corrected chi connectivity index (χ3v) is 4.20. The van der Waals surface area contributed by atoms with Crippen LogP contribution in [0.25, 0.3) is 11.4 Å². The molecule has 6 nitrogen and oxygen atoms in total. The average molecular weight is 320 g/mol. The molecule has 0 saturated carbocycles. The molecule has 4 rings (SSSR count). The van der Waals surface area contributed by atoms with Crippen LogP contribution >= 0.6 is 0 Å². The molecule has 3 aromatic rings. The lowest BCUT2D eigenvalue weighted by Crippen LogP contribution is -2.30. The van der Waals surface area contributed by atoms with Crippen molar-refractivity contribution in [1.82, 2.24) is 20.0 Å². The summed E-state index contributed by atoms with van der Waals surface area (Å²) in [5.41, 5.74) is 1.53. The molecule has 0 aliphatic carbocycles. The van der Waals surface area contributed by atoms with Gasteiger partial charge in [-0.2, -0.15) is 4.98 Å². The van der Waals surface area contributed by atoms with E-state index >= 15 is 0 Å². The first-order valence-corrected chi connectivity index (χ1v) is 7.93. The third kappa shape index (κ3) is 2.67. The van der Waals surface area contributed by atoms with Crippen molar-refractivity contribution in [2.75, 3.05) is 6.54 Å². The summed E-state index contributed by atoms with van der Waals surface area (Å²) in [6.07, 6.45) is 4.99. The Morgan fingerprint density at radius 1 is 1.12 bits per heavy atom. The fourth-order valence-electron chi connectivity index (χ4n) is 3.00. The summed E-state index contributed by atoms with van der Waals surface area (Å²) in [6.45, 7) is 0.689. The van der Waals surface area contributed by atoms with Gasteiger partial charge in [0, 0.05) is 30.1 Å². The van der Waals surface area contributed by atoms with Crippen LogP contribution in [-0.4, -0.2) is 32.5 Å². The van der Waals surface area contributed by atoms with Crippen LogP contribution in [0.5, 0.6) is 0 Å². The van der Waals surface area contributed by atoms with Crippen molar-refractivity contribution in [2.45, 2.75) is 18.9 Å². The van der Waals surface area contributed by atoms with Crippen LogP contribution < -0.4 is 0 Å². The van der Waals surface area contributed by atoms with Crippen molar-refractivity contribution in [3.8, 4) is 11.4 Å². The predicted molar refractivity (Wildman–Crippen MR) is 87.0 cm³/mol. The van der Waals surface area contributed by atoms with E-state index in [1.165, 1.54) is 0 Å². The first kappa shape index (κ1) is 14.6. The quantitative estimate of drug-likeness (QED) is 0.741. The molecule has 1 saturated heterocycles. The molecule has 3 heterocycles. The van der Waals surface area contributed by atoms with E-state index in [-0.39, 0.29) is 11.9 Å². The average Bonchev–Trinajstić information content (AvgIpc) is 3.32. The second kappa shape index (κ2) is 6.23. The molecule has 6 heteroatoms. The number of amides is 1. The Bertz CT molecular complexity index is 832. The highest BCUT2D eigenvalue weighted by atomic mass is 16.5. The van der Waals surface area contributed by atoms with Gasteiger partial charge in [-0.1, -0.05) is 35.5 Å². The van der Waals surface area contributed by atoms with Crippen molar-refractivity contribution in [2.24, 2.45) is 0 Å². The van der Waals surface area contributed by atoms with Gasteiger partial charge in [0.25, 0.3) is 5.91 Å². The highest BCUT2D eigenvalue weighted by Crippen LogP contribution is 2.33. The van der Waals surface area contributed by atoms with E-state index < -0.39 is 0 Å². The van der Waals surface area contributed by atoms with Gasteiger partial charge >= 0.3 is 0 Å². The summed E-state index contributed by atoms with van der Waals surface area (Å²) >= 11 is 0. The largest absolute Gasteiger partial charge is 0.337 e. The smallest absolute Gasteiger partial charge is 0.254 e. The second-order valence-corrected chi connectivity index (χ2v) is 5.71. The summed E-state index contributed by atoms with van der Waals surface area (Å²) in [6, 6.07) is 12.9. The van der Waals surface area contributed by atoms with Gasteiger partial charge in [-0.05, 0) is 25.0 Å². The molecule has 120 valence electrons. The van der Waals surface area contributed by atoms with E-state index in [2.05, 4.69) is 15.1 Å². The monoisotopic (exact) mass is 320 g/mol. The maximum absolute atomic E-state index is 12.7. The molecule has 0 unspecified atom stereocenters. The molecular weight excluding hydrogens is 304 g/mol. The maximum atomic E-state index is 12.7. The highest BCUT2D eigenvalue weighted by Gasteiger charge is 2.34. The SMILES string of the molecule is O=C(c1ccncc1)N1CCC[C@@H]1c1nc(-c2ccccc2)no1. The Labute approximate surface area is 139 Å². The lowest BCUT2D eigenvalue weighted by molar-refractivity contribution is 0.0710. The van der Waals surface area contributed by atoms with Gasteiger partial charge in [0.2, 0.25) is 11.7 Å².